The SMILES string of the molecule is CN=C(NCCCSc1ccc(F)cc1)NCc1nc(C)no1. The topological polar surface area (TPSA) is 75.3 Å². The highest BCUT2D eigenvalue weighted by molar-refractivity contribution is 7.99. The molecule has 0 amide bonds. The average molecular weight is 337 g/mol. The Morgan fingerprint density at radius 2 is 2.09 bits per heavy atom. The molecule has 0 aliphatic rings. The fourth-order valence-corrected chi connectivity index (χ4v) is 2.64. The number of hydrogen-bond acceptors (Lipinski definition) is 5. The number of benzene rings is 1. The van der Waals surface area contributed by atoms with Crippen LogP contribution in [-0.2, 0) is 6.54 Å². The van der Waals surface area contributed by atoms with Gasteiger partial charge < -0.3 is 15.2 Å². The highest BCUT2D eigenvalue weighted by Crippen LogP contribution is 2.18. The summed E-state index contributed by atoms with van der Waals surface area (Å²) >= 11 is 1.70. The van der Waals surface area contributed by atoms with Crippen LogP contribution in [0.25, 0.3) is 0 Å². The van der Waals surface area contributed by atoms with E-state index in [0.29, 0.717) is 24.2 Å². The van der Waals surface area contributed by atoms with Gasteiger partial charge in [0.15, 0.2) is 11.8 Å². The maximum absolute atomic E-state index is 12.8. The maximum Gasteiger partial charge on any atom is 0.246 e. The van der Waals surface area contributed by atoms with Gasteiger partial charge in [0.25, 0.3) is 0 Å². The third-order valence-corrected chi connectivity index (χ3v) is 3.99. The molecular weight excluding hydrogens is 317 g/mol. The van der Waals surface area contributed by atoms with E-state index in [4.69, 9.17) is 4.52 Å². The number of hydrogen-bond donors (Lipinski definition) is 2. The van der Waals surface area contributed by atoms with Gasteiger partial charge in [0.1, 0.15) is 5.82 Å². The van der Waals surface area contributed by atoms with Crippen molar-refractivity contribution in [3.05, 3.63) is 41.8 Å². The van der Waals surface area contributed by atoms with Gasteiger partial charge >= 0.3 is 0 Å². The molecule has 2 N–H and O–H groups in total. The van der Waals surface area contributed by atoms with E-state index in [0.717, 1.165) is 23.6 Å². The molecule has 6 nitrogen and oxygen atoms in total. The molecule has 0 saturated carbocycles. The number of guanidine groups is 1. The molecule has 0 spiro atoms. The van der Waals surface area contributed by atoms with E-state index in [1.165, 1.54) is 12.1 Å². The van der Waals surface area contributed by atoms with Crippen LogP contribution in [0.3, 0.4) is 0 Å². The van der Waals surface area contributed by atoms with Crippen molar-refractivity contribution in [2.24, 2.45) is 4.99 Å². The minimum Gasteiger partial charge on any atom is -0.356 e. The van der Waals surface area contributed by atoms with Crippen molar-refractivity contribution in [1.29, 1.82) is 0 Å². The number of aromatic nitrogens is 2. The number of halogens is 1. The van der Waals surface area contributed by atoms with Crippen molar-refractivity contribution >= 4 is 17.7 Å². The van der Waals surface area contributed by atoms with Crippen LogP contribution >= 0.6 is 11.8 Å². The molecule has 0 fully saturated rings. The molecule has 2 aromatic rings. The molecule has 0 bridgehead atoms. The van der Waals surface area contributed by atoms with Crippen molar-refractivity contribution in [2.75, 3.05) is 19.3 Å². The van der Waals surface area contributed by atoms with Crippen LogP contribution in [0, 0.1) is 12.7 Å². The molecule has 1 aromatic heterocycles. The second-order valence-corrected chi connectivity index (χ2v) is 5.91. The predicted molar refractivity (Wildman–Crippen MR) is 89.0 cm³/mol. The zero-order chi connectivity index (χ0) is 16.5. The predicted octanol–water partition coefficient (Wildman–Crippen LogP) is 2.36. The smallest absolute Gasteiger partial charge is 0.246 e. The molecule has 0 aliphatic heterocycles. The lowest BCUT2D eigenvalue weighted by Gasteiger charge is -2.10. The molecule has 0 unspecified atom stereocenters. The van der Waals surface area contributed by atoms with Crippen LogP contribution < -0.4 is 10.6 Å². The van der Waals surface area contributed by atoms with Crippen LogP contribution in [0.4, 0.5) is 4.39 Å². The van der Waals surface area contributed by atoms with Crippen molar-refractivity contribution in [3.8, 4) is 0 Å². The lowest BCUT2D eigenvalue weighted by atomic mass is 10.4. The van der Waals surface area contributed by atoms with Crippen LogP contribution in [0.15, 0.2) is 38.7 Å². The Hall–Kier alpha value is -2.09. The minimum atomic E-state index is -0.206. The molecule has 0 saturated heterocycles. The summed E-state index contributed by atoms with van der Waals surface area (Å²) in [5.41, 5.74) is 0. The summed E-state index contributed by atoms with van der Waals surface area (Å²) in [7, 11) is 1.71. The van der Waals surface area contributed by atoms with Gasteiger partial charge in [-0.05, 0) is 43.4 Å². The number of aliphatic imine (C=N–C) groups is 1. The van der Waals surface area contributed by atoms with Crippen LogP contribution in [0.2, 0.25) is 0 Å². The Labute approximate surface area is 139 Å². The van der Waals surface area contributed by atoms with E-state index in [-0.39, 0.29) is 5.82 Å². The number of rotatable bonds is 7. The summed E-state index contributed by atoms with van der Waals surface area (Å²) < 4.78 is 17.8. The van der Waals surface area contributed by atoms with Crippen molar-refractivity contribution < 1.29 is 8.91 Å². The van der Waals surface area contributed by atoms with Gasteiger partial charge in [-0.3, -0.25) is 4.99 Å². The van der Waals surface area contributed by atoms with E-state index >= 15 is 0 Å². The van der Waals surface area contributed by atoms with E-state index in [2.05, 4.69) is 25.8 Å². The van der Waals surface area contributed by atoms with Crippen LogP contribution in [0.1, 0.15) is 18.1 Å². The first-order valence-electron chi connectivity index (χ1n) is 7.29. The van der Waals surface area contributed by atoms with Gasteiger partial charge in [-0.15, -0.1) is 11.8 Å². The van der Waals surface area contributed by atoms with Crippen molar-refractivity contribution in [2.45, 2.75) is 24.8 Å². The van der Waals surface area contributed by atoms with Gasteiger partial charge in [-0.25, -0.2) is 4.39 Å². The first-order valence-corrected chi connectivity index (χ1v) is 8.28. The maximum atomic E-state index is 12.8. The zero-order valence-electron chi connectivity index (χ0n) is 13.2. The molecular formula is C15H20FN5OS. The van der Waals surface area contributed by atoms with E-state index in [9.17, 15) is 4.39 Å². The Balaban J connectivity index is 1.61. The van der Waals surface area contributed by atoms with E-state index in [1.807, 2.05) is 0 Å². The monoisotopic (exact) mass is 337 g/mol. The van der Waals surface area contributed by atoms with E-state index in [1.54, 1.807) is 37.9 Å². The standard InChI is InChI=1S/C15H20FN5OS/c1-11-20-14(22-21-11)10-19-15(17-2)18-8-3-9-23-13-6-4-12(16)5-7-13/h4-7H,3,8-10H2,1-2H3,(H2,17,18,19). The van der Waals surface area contributed by atoms with Crippen LogP contribution in [0.5, 0.6) is 0 Å². The Morgan fingerprint density at radius 3 is 2.74 bits per heavy atom. The van der Waals surface area contributed by atoms with E-state index < -0.39 is 0 Å². The summed E-state index contributed by atoms with van der Waals surface area (Å²) in [6.07, 6.45) is 0.961. The third kappa shape index (κ3) is 6.27. The van der Waals surface area contributed by atoms with Gasteiger partial charge in [0.05, 0.1) is 6.54 Å². The number of nitrogens with one attached hydrogen (secondary N) is 2. The first-order chi connectivity index (χ1) is 11.2. The highest BCUT2D eigenvalue weighted by atomic mass is 32.2. The second kappa shape index (κ2) is 9.14. The second-order valence-electron chi connectivity index (χ2n) is 4.74. The zero-order valence-corrected chi connectivity index (χ0v) is 14.0. The van der Waals surface area contributed by atoms with Crippen molar-refractivity contribution in [1.82, 2.24) is 20.8 Å². The molecule has 1 heterocycles. The molecule has 124 valence electrons. The van der Waals surface area contributed by atoms with Gasteiger partial charge in [0.2, 0.25) is 5.89 Å². The fraction of sp³-hybridized carbons (Fsp3) is 0.400. The van der Waals surface area contributed by atoms with Gasteiger partial charge in [-0.1, -0.05) is 5.16 Å². The summed E-state index contributed by atoms with van der Waals surface area (Å²) in [4.78, 5) is 9.31. The third-order valence-electron chi connectivity index (χ3n) is 2.90. The fourth-order valence-electron chi connectivity index (χ4n) is 1.79. The molecule has 1 aromatic carbocycles. The number of nitrogens with zero attached hydrogens (tertiary/aromatic N) is 3. The minimum absolute atomic E-state index is 0.206. The molecule has 0 atom stereocenters. The molecule has 0 radical (unpaired) electrons. The molecule has 8 heteroatoms. The van der Waals surface area contributed by atoms with Gasteiger partial charge in [0, 0.05) is 18.5 Å². The molecule has 0 aliphatic carbocycles. The summed E-state index contributed by atoms with van der Waals surface area (Å²) in [6.45, 7) is 3.00. The number of aryl methyl sites for hydroxylation is 1. The number of thioether (sulfide) groups is 1. The van der Waals surface area contributed by atoms with Crippen LogP contribution in [-0.4, -0.2) is 35.4 Å². The van der Waals surface area contributed by atoms with Gasteiger partial charge in [-0.2, -0.15) is 4.98 Å². The Kier molecular flexibility index (Phi) is 6.86. The average Bonchev–Trinajstić information content (AvgIpc) is 2.97. The Bertz CT molecular complexity index is 629. The summed E-state index contributed by atoms with van der Waals surface area (Å²) in [6, 6.07) is 6.54. The lowest BCUT2D eigenvalue weighted by Crippen LogP contribution is -2.37. The molecule has 2 rings (SSSR count). The van der Waals surface area contributed by atoms with Crippen molar-refractivity contribution in [3.63, 3.8) is 0 Å². The molecule has 23 heavy (non-hydrogen) atoms. The quantitative estimate of drug-likeness (QED) is 0.350. The normalized spacial score (nSPS) is 11.5. The largest absolute Gasteiger partial charge is 0.356 e. The first kappa shape index (κ1) is 17.3. The Morgan fingerprint density at radius 1 is 1.30 bits per heavy atom. The lowest BCUT2D eigenvalue weighted by molar-refractivity contribution is 0.371. The highest BCUT2D eigenvalue weighted by Gasteiger charge is 2.04. The summed E-state index contributed by atoms with van der Waals surface area (Å²) in [5, 5.41) is 10.1. The summed E-state index contributed by atoms with van der Waals surface area (Å²) in [5.74, 6) is 2.56.